The van der Waals surface area contributed by atoms with E-state index in [1.54, 1.807) is 6.07 Å². The van der Waals surface area contributed by atoms with Gasteiger partial charge in [0, 0.05) is 37.3 Å². The van der Waals surface area contributed by atoms with Crippen molar-refractivity contribution in [1.82, 2.24) is 10.2 Å². The summed E-state index contributed by atoms with van der Waals surface area (Å²) < 4.78 is 0. The second-order valence-corrected chi connectivity index (χ2v) is 5.61. The van der Waals surface area contributed by atoms with E-state index in [1.807, 2.05) is 18.2 Å². The number of benzene rings is 1. The second-order valence-electron chi connectivity index (χ2n) is 5.61. The molecular weight excluding hydrogens is 238 g/mol. The molecule has 0 spiro atoms. The van der Waals surface area contributed by atoms with Gasteiger partial charge in [0.15, 0.2) is 0 Å². The van der Waals surface area contributed by atoms with Gasteiger partial charge in [-0.1, -0.05) is 18.2 Å². The third-order valence-corrected chi connectivity index (χ3v) is 4.15. The molecule has 1 aromatic rings. The van der Waals surface area contributed by atoms with Crippen LogP contribution in [0.2, 0.25) is 0 Å². The molecule has 1 unspecified atom stereocenters. The van der Waals surface area contributed by atoms with E-state index in [9.17, 15) is 4.79 Å². The van der Waals surface area contributed by atoms with Crippen molar-refractivity contribution >= 4 is 5.91 Å². The van der Waals surface area contributed by atoms with Gasteiger partial charge in [0.1, 0.15) is 0 Å². The van der Waals surface area contributed by atoms with Gasteiger partial charge in [-0.3, -0.25) is 9.69 Å². The van der Waals surface area contributed by atoms with E-state index in [4.69, 9.17) is 5.73 Å². The predicted octanol–water partition coefficient (Wildman–Crippen LogP) is 1.11. The number of rotatable bonds is 5. The molecule has 1 saturated carbocycles. The van der Waals surface area contributed by atoms with Crippen LogP contribution in [0.3, 0.4) is 0 Å². The van der Waals surface area contributed by atoms with Gasteiger partial charge in [-0.15, -0.1) is 0 Å². The number of nitrogens with two attached hydrogens (primary N) is 1. The van der Waals surface area contributed by atoms with E-state index in [-0.39, 0.29) is 5.91 Å². The van der Waals surface area contributed by atoms with Crippen molar-refractivity contribution in [2.45, 2.75) is 37.9 Å². The summed E-state index contributed by atoms with van der Waals surface area (Å²) in [5, 5.41) is 3.56. The fourth-order valence-electron chi connectivity index (χ4n) is 2.89. The van der Waals surface area contributed by atoms with E-state index in [0.717, 1.165) is 24.7 Å². The van der Waals surface area contributed by atoms with E-state index < -0.39 is 0 Å². The summed E-state index contributed by atoms with van der Waals surface area (Å²) in [6, 6.07) is 8.97. The highest BCUT2D eigenvalue weighted by atomic mass is 16.1. The van der Waals surface area contributed by atoms with Gasteiger partial charge in [0.05, 0.1) is 0 Å². The monoisotopic (exact) mass is 259 g/mol. The summed E-state index contributed by atoms with van der Waals surface area (Å²) in [7, 11) is 0. The standard InChI is InChI=1S/C15H21N3O/c16-15(19)14-4-2-1-3-11(14)9-17-12-7-8-18(10-12)13-5-6-13/h1-4,12-13,17H,5-10H2,(H2,16,19). The third-order valence-electron chi connectivity index (χ3n) is 4.15. The Bertz CT molecular complexity index is 470. The second kappa shape index (κ2) is 5.31. The minimum atomic E-state index is -0.344. The fraction of sp³-hybridized carbons (Fsp3) is 0.533. The van der Waals surface area contributed by atoms with Crippen LogP contribution in [0.25, 0.3) is 0 Å². The summed E-state index contributed by atoms with van der Waals surface area (Å²) >= 11 is 0. The van der Waals surface area contributed by atoms with Crippen molar-refractivity contribution in [2.24, 2.45) is 5.73 Å². The van der Waals surface area contributed by atoms with E-state index in [1.165, 1.54) is 25.8 Å². The van der Waals surface area contributed by atoms with Crippen molar-refractivity contribution < 1.29 is 4.79 Å². The molecule has 3 N–H and O–H groups in total. The number of likely N-dealkylation sites (tertiary alicyclic amines) is 1. The van der Waals surface area contributed by atoms with Crippen LogP contribution in [-0.2, 0) is 6.54 Å². The van der Waals surface area contributed by atoms with Crippen molar-refractivity contribution in [3.63, 3.8) is 0 Å². The first-order chi connectivity index (χ1) is 9.24. The number of primary amides is 1. The SMILES string of the molecule is NC(=O)c1ccccc1CNC1CCN(C2CC2)C1. The summed E-state index contributed by atoms with van der Waals surface area (Å²) in [5.74, 6) is -0.344. The first-order valence-corrected chi connectivity index (χ1v) is 7.09. The molecule has 2 aliphatic rings. The molecule has 1 amide bonds. The molecule has 1 aliphatic heterocycles. The lowest BCUT2D eigenvalue weighted by atomic mass is 10.1. The fourth-order valence-corrected chi connectivity index (χ4v) is 2.89. The molecule has 4 heteroatoms. The van der Waals surface area contributed by atoms with Crippen LogP contribution in [0.15, 0.2) is 24.3 Å². The summed E-state index contributed by atoms with van der Waals surface area (Å²) in [6.07, 6.45) is 3.95. The minimum Gasteiger partial charge on any atom is -0.366 e. The van der Waals surface area contributed by atoms with Crippen LogP contribution in [0.1, 0.15) is 35.2 Å². The molecule has 19 heavy (non-hydrogen) atoms. The van der Waals surface area contributed by atoms with Crippen LogP contribution < -0.4 is 11.1 Å². The van der Waals surface area contributed by atoms with Crippen molar-refractivity contribution in [1.29, 1.82) is 0 Å². The molecule has 4 nitrogen and oxygen atoms in total. The highest BCUT2D eigenvalue weighted by Gasteiger charge is 2.34. The van der Waals surface area contributed by atoms with Crippen molar-refractivity contribution in [3.05, 3.63) is 35.4 Å². The maximum absolute atomic E-state index is 11.4. The number of nitrogens with zero attached hydrogens (tertiary/aromatic N) is 1. The molecule has 0 radical (unpaired) electrons. The Morgan fingerprint density at radius 1 is 1.32 bits per heavy atom. The molecule has 0 bridgehead atoms. The topological polar surface area (TPSA) is 58.4 Å². The maximum Gasteiger partial charge on any atom is 0.249 e. The van der Waals surface area contributed by atoms with Gasteiger partial charge in [-0.2, -0.15) is 0 Å². The van der Waals surface area contributed by atoms with E-state index in [2.05, 4.69) is 10.2 Å². The maximum atomic E-state index is 11.4. The Balaban J connectivity index is 1.56. The van der Waals surface area contributed by atoms with Crippen LogP contribution >= 0.6 is 0 Å². The Hall–Kier alpha value is -1.39. The smallest absolute Gasteiger partial charge is 0.249 e. The van der Waals surface area contributed by atoms with Gasteiger partial charge >= 0.3 is 0 Å². The van der Waals surface area contributed by atoms with Crippen LogP contribution in [0, 0.1) is 0 Å². The zero-order chi connectivity index (χ0) is 13.2. The molecule has 1 heterocycles. The molecule has 1 aliphatic carbocycles. The molecular formula is C15H21N3O. The molecule has 3 rings (SSSR count). The number of hydrogen-bond acceptors (Lipinski definition) is 3. The molecule has 1 saturated heterocycles. The molecule has 0 aromatic heterocycles. The van der Waals surface area contributed by atoms with Gasteiger partial charge in [0.25, 0.3) is 0 Å². The lowest BCUT2D eigenvalue weighted by Gasteiger charge is -2.16. The normalized spacial score (nSPS) is 23.7. The first-order valence-electron chi connectivity index (χ1n) is 7.09. The molecule has 1 aromatic carbocycles. The van der Waals surface area contributed by atoms with Crippen molar-refractivity contribution in [2.75, 3.05) is 13.1 Å². The van der Waals surface area contributed by atoms with E-state index in [0.29, 0.717) is 11.6 Å². The average Bonchev–Trinajstić information content (AvgIpc) is 3.16. The van der Waals surface area contributed by atoms with E-state index >= 15 is 0 Å². The van der Waals surface area contributed by atoms with Gasteiger partial charge in [-0.25, -0.2) is 0 Å². The zero-order valence-corrected chi connectivity index (χ0v) is 11.1. The predicted molar refractivity (Wildman–Crippen MR) is 74.8 cm³/mol. The van der Waals surface area contributed by atoms with Gasteiger partial charge in [0.2, 0.25) is 5.91 Å². The highest BCUT2D eigenvalue weighted by Crippen LogP contribution is 2.29. The number of carbonyl (C=O) groups excluding carboxylic acids is 1. The number of nitrogens with one attached hydrogen (secondary N) is 1. The Labute approximate surface area is 114 Å². The quantitative estimate of drug-likeness (QED) is 0.833. The average molecular weight is 259 g/mol. The Morgan fingerprint density at radius 3 is 2.84 bits per heavy atom. The summed E-state index contributed by atoms with van der Waals surface area (Å²) in [5.41, 5.74) is 7.02. The minimum absolute atomic E-state index is 0.344. The molecule has 2 fully saturated rings. The number of amides is 1. The molecule has 102 valence electrons. The van der Waals surface area contributed by atoms with Gasteiger partial charge in [-0.05, 0) is 30.9 Å². The number of hydrogen-bond donors (Lipinski definition) is 2. The van der Waals surface area contributed by atoms with Gasteiger partial charge < -0.3 is 11.1 Å². The van der Waals surface area contributed by atoms with Crippen LogP contribution in [0.4, 0.5) is 0 Å². The largest absolute Gasteiger partial charge is 0.366 e. The molecule has 1 atom stereocenters. The highest BCUT2D eigenvalue weighted by molar-refractivity contribution is 5.94. The lowest BCUT2D eigenvalue weighted by Crippen LogP contribution is -2.33. The number of carbonyl (C=O) groups is 1. The summed E-state index contributed by atoms with van der Waals surface area (Å²) in [6.45, 7) is 3.07. The Morgan fingerprint density at radius 2 is 2.11 bits per heavy atom. The first kappa shape index (κ1) is 12.6. The summed E-state index contributed by atoms with van der Waals surface area (Å²) in [4.78, 5) is 13.9. The van der Waals surface area contributed by atoms with Crippen LogP contribution in [-0.4, -0.2) is 36.0 Å². The van der Waals surface area contributed by atoms with Crippen molar-refractivity contribution in [3.8, 4) is 0 Å². The Kier molecular flexibility index (Phi) is 3.53. The third kappa shape index (κ3) is 2.96. The zero-order valence-electron chi connectivity index (χ0n) is 11.1. The van der Waals surface area contributed by atoms with Crippen LogP contribution in [0.5, 0.6) is 0 Å². The lowest BCUT2D eigenvalue weighted by molar-refractivity contribution is 0.0999.